The molecular weight excluding hydrogens is 274 g/mol. The molecule has 0 aliphatic carbocycles. The Hall–Kier alpha value is -1.82. The Bertz CT molecular complexity index is 489. The third-order valence-corrected chi connectivity index (χ3v) is 2.79. The Labute approximate surface area is 125 Å². The number of methoxy groups -OCH3 is 2. The number of hydrogen-bond acceptors (Lipinski definition) is 4. The van der Waals surface area contributed by atoms with Crippen molar-refractivity contribution in [2.45, 2.75) is 26.7 Å². The van der Waals surface area contributed by atoms with Crippen molar-refractivity contribution in [3.8, 4) is 11.5 Å². The van der Waals surface area contributed by atoms with Crippen molar-refractivity contribution in [3.63, 3.8) is 0 Å². The van der Waals surface area contributed by atoms with Gasteiger partial charge in [0.05, 0.1) is 14.2 Å². The fourth-order valence-electron chi connectivity index (χ4n) is 1.64. The first-order valence-corrected chi connectivity index (χ1v) is 6.83. The summed E-state index contributed by atoms with van der Waals surface area (Å²) in [6, 6.07) is 5.49. The summed E-state index contributed by atoms with van der Waals surface area (Å²) < 4.78 is 10.4. The van der Waals surface area contributed by atoms with Gasteiger partial charge in [0.15, 0.2) is 16.6 Å². The standard InChI is InChI=1S/C14H21N3O2S/c1-5-6-10(2)16-17-14(20)15-11-7-8-12(18-3)13(9-11)19-4/h7-9H,5-6H2,1-4H3,(H2,15,17,20)/b16-10-. The van der Waals surface area contributed by atoms with Crippen LogP contribution in [0.25, 0.3) is 0 Å². The van der Waals surface area contributed by atoms with Gasteiger partial charge in [-0.1, -0.05) is 13.3 Å². The van der Waals surface area contributed by atoms with Gasteiger partial charge in [0.25, 0.3) is 0 Å². The van der Waals surface area contributed by atoms with Gasteiger partial charge >= 0.3 is 0 Å². The number of nitrogens with zero attached hydrogens (tertiary/aromatic N) is 1. The summed E-state index contributed by atoms with van der Waals surface area (Å²) in [5.74, 6) is 1.32. The molecule has 1 aromatic carbocycles. The minimum atomic E-state index is 0.438. The van der Waals surface area contributed by atoms with Gasteiger partial charge in [0.2, 0.25) is 0 Å². The number of hydrogen-bond donors (Lipinski definition) is 2. The summed E-state index contributed by atoms with van der Waals surface area (Å²) in [4.78, 5) is 0. The molecule has 0 saturated heterocycles. The van der Waals surface area contributed by atoms with E-state index in [0.29, 0.717) is 16.6 Å². The SMILES string of the molecule is CCC/C(C)=N\NC(=S)Nc1ccc(OC)c(OC)c1. The minimum absolute atomic E-state index is 0.438. The fraction of sp³-hybridized carbons (Fsp3) is 0.429. The van der Waals surface area contributed by atoms with E-state index in [9.17, 15) is 0 Å². The highest BCUT2D eigenvalue weighted by Crippen LogP contribution is 2.29. The highest BCUT2D eigenvalue weighted by atomic mass is 32.1. The Morgan fingerprint density at radius 3 is 2.55 bits per heavy atom. The fourth-order valence-corrected chi connectivity index (χ4v) is 1.80. The van der Waals surface area contributed by atoms with Crippen LogP contribution in [-0.2, 0) is 0 Å². The van der Waals surface area contributed by atoms with E-state index in [-0.39, 0.29) is 0 Å². The van der Waals surface area contributed by atoms with E-state index in [1.807, 2.05) is 25.1 Å². The second kappa shape index (κ2) is 8.37. The second-order valence-corrected chi connectivity index (χ2v) is 4.64. The Morgan fingerprint density at radius 1 is 1.25 bits per heavy atom. The highest BCUT2D eigenvalue weighted by Gasteiger charge is 2.05. The molecule has 0 aliphatic rings. The van der Waals surface area contributed by atoms with Crippen molar-refractivity contribution in [3.05, 3.63) is 18.2 Å². The van der Waals surface area contributed by atoms with Gasteiger partial charge in [0.1, 0.15) is 0 Å². The van der Waals surface area contributed by atoms with Crippen LogP contribution in [0.1, 0.15) is 26.7 Å². The van der Waals surface area contributed by atoms with Crippen molar-refractivity contribution in [1.82, 2.24) is 5.43 Å². The van der Waals surface area contributed by atoms with Crippen molar-refractivity contribution in [1.29, 1.82) is 0 Å². The zero-order valence-corrected chi connectivity index (χ0v) is 13.1. The molecule has 5 nitrogen and oxygen atoms in total. The lowest BCUT2D eigenvalue weighted by Gasteiger charge is -2.11. The molecule has 0 amide bonds. The van der Waals surface area contributed by atoms with Gasteiger partial charge in [-0.25, -0.2) is 0 Å². The van der Waals surface area contributed by atoms with E-state index in [2.05, 4.69) is 22.8 Å². The van der Waals surface area contributed by atoms with Crippen LogP contribution in [0.3, 0.4) is 0 Å². The number of hydrazone groups is 1. The number of rotatable bonds is 6. The van der Waals surface area contributed by atoms with Crippen LogP contribution in [0.15, 0.2) is 23.3 Å². The van der Waals surface area contributed by atoms with Crippen LogP contribution in [0.5, 0.6) is 11.5 Å². The maximum atomic E-state index is 5.23. The predicted molar refractivity (Wildman–Crippen MR) is 86.9 cm³/mol. The van der Waals surface area contributed by atoms with Gasteiger partial charge in [-0.15, -0.1) is 0 Å². The van der Waals surface area contributed by atoms with Crippen LogP contribution in [0.4, 0.5) is 5.69 Å². The van der Waals surface area contributed by atoms with E-state index in [0.717, 1.165) is 24.2 Å². The predicted octanol–water partition coefficient (Wildman–Crippen LogP) is 3.17. The highest BCUT2D eigenvalue weighted by molar-refractivity contribution is 7.80. The van der Waals surface area contributed by atoms with Crippen molar-refractivity contribution in [2.24, 2.45) is 5.10 Å². The van der Waals surface area contributed by atoms with Gasteiger partial charge in [-0.05, 0) is 37.7 Å². The summed E-state index contributed by atoms with van der Waals surface area (Å²) >= 11 is 5.18. The van der Waals surface area contributed by atoms with Crippen LogP contribution in [0, 0.1) is 0 Å². The zero-order valence-electron chi connectivity index (χ0n) is 12.3. The number of anilines is 1. The average Bonchev–Trinajstić information content (AvgIpc) is 2.45. The lowest BCUT2D eigenvalue weighted by Crippen LogP contribution is -2.24. The summed E-state index contributed by atoms with van der Waals surface area (Å²) in [5, 5.41) is 7.67. The molecule has 0 aliphatic heterocycles. The monoisotopic (exact) mass is 295 g/mol. The Kier molecular flexibility index (Phi) is 6.79. The molecule has 0 spiro atoms. The molecule has 0 bridgehead atoms. The lowest BCUT2D eigenvalue weighted by atomic mass is 10.2. The Balaban J connectivity index is 2.64. The first kappa shape index (κ1) is 16.2. The molecule has 20 heavy (non-hydrogen) atoms. The smallest absolute Gasteiger partial charge is 0.191 e. The van der Waals surface area contributed by atoms with Crippen LogP contribution < -0.4 is 20.2 Å². The molecule has 0 aromatic heterocycles. The molecule has 1 aromatic rings. The summed E-state index contributed by atoms with van der Waals surface area (Å²) in [7, 11) is 3.19. The molecule has 0 atom stereocenters. The van der Waals surface area contributed by atoms with Gasteiger partial charge in [0, 0.05) is 17.5 Å². The summed E-state index contributed by atoms with van der Waals surface area (Å²) in [5.41, 5.74) is 4.64. The lowest BCUT2D eigenvalue weighted by molar-refractivity contribution is 0.355. The van der Waals surface area contributed by atoms with E-state index < -0.39 is 0 Å². The van der Waals surface area contributed by atoms with Crippen LogP contribution in [0.2, 0.25) is 0 Å². The molecule has 0 heterocycles. The molecule has 0 fully saturated rings. The Morgan fingerprint density at radius 2 is 1.95 bits per heavy atom. The largest absolute Gasteiger partial charge is 0.493 e. The van der Waals surface area contributed by atoms with Gasteiger partial charge < -0.3 is 14.8 Å². The molecule has 6 heteroatoms. The van der Waals surface area contributed by atoms with E-state index >= 15 is 0 Å². The first-order valence-electron chi connectivity index (χ1n) is 6.42. The van der Waals surface area contributed by atoms with Gasteiger partial charge in [-0.2, -0.15) is 5.10 Å². The molecular formula is C14H21N3O2S. The number of thiocarbonyl (C=S) groups is 1. The molecule has 2 N–H and O–H groups in total. The molecule has 0 unspecified atom stereocenters. The minimum Gasteiger partial charge on any atom is -0.493 e. The molecule has 0 radical (unpaired) electrons. The number of ether oxygens (including phenoxy) is 2. The zero-order chi connectivity index (χ0) is 15.0. The maximum Gasteiger partial charge on any atom is 0.191 e. The molecule has 1 rings (SSSR count). The molecule has 0 saturated carbocycles. The van der Waals surface area contributed by atoms with E-state index in [1.54, 1.807) is 14.2 Å². The van der Waals surface area contributed by atoms with E-state index in [1.165, 1.54) is 0 Å². The van der Waals surface area contributed by atoms with Gasteiger partial charge in [-0.3, -0.25) is 5.43 Å². The third-order valence-electron chi connectivity index (χ3n) is 2.60. The van der Waals surface area contributed by atoms with Crippen LogP contribution in [-0.4, -0.2) is 25.0 Å². The van der Waals surface area contributed by atoms with Crippen molar-refractivity contribution < 1.29 is 9.47 Å². The third kappa shape index (κ3) is 5.05. The normalized spacial score (nSPS) is 10.9. The van der Waals surface area contributed by atoms with Crippen molar-refractivity contribution in [2.75, 3.05) is 19.5 Å². The van der Waals surface area contributed by atoms with E-state index in [4.69, 9.17) is 21.7 Å². The number of benzene rings is 1. The quantitative estimate of drug-likeness (QED) is 0.479. The summed E-state index contributed by atoms with van der Waals surface area (Å²) in [6.07, 6.45) is 2.01. The number of nitrogens with one attached hydrogen (secondary N) is 2. The summed E-state index contributed by atoms with van der Waals surface area (Å²) in [6.45, 7) is 4.08. The van der Waals surface area contributed by atoms with Crippen molar-refractivity contribution >= 4 is 28.7 Å². The first-order chi connectivity index (χ1) is 9.60. The average molecular weight is 295 g/mol. The second-order valence-electron chi connectivity index (χ2n) is 4.23. The van der Waals surface area contributed by atoms with Crippen LogP contribution >= 0.6 is 12.2 Å². The maximum absolute atomic E-state index is 5.23. The molecule has 110 valence electrons. The topological polar surface area (TPSA) is 54.9 Å².